The van der Waals surface area contributed by atoms with E-state index in [1.807, 2.05) is 6.07 Å². The average Bonchev–Trinajstić information content (AvgIpc) is 3.13. The summed E-state index contributed by atoms with van der Waals surface area (Å²) in [5, 5.41) is 2.10. The van der Waals surface area contributed by atoms with Crippen molar-refractivity contribution in [3.8, 4) is 5.75 Å². The molecule has 0 bridgehead atoms. The van der Waals surface area contributed by atoms with E-state index in [2.05, 4.69) is 21.5 Å². The molecule has 8 heteroatoms. The number of nitrogens with zero attached hydrogens (tertiary/aromatic N) is 2. The lowest BCUT2D eigenvalue weighted by Gasteiger charge is -2.42. The summed E-state index contributed by atoms with van der Waals surface area (Å²) in [6.07, 6.45) is 6.25. The fraction of sp³-hybridized carbons (Fsp3) is 0.500. The molecule has 0 unspecified atom stereocenters. The van der Waals surface area contributed by atoms with Crippen molar-refractivity contribution in [3.63, 3.8) is 0 Å². The van der Waals surface area contributed by atoms with Crippen LogP contribution in [0.2, 0.25) is 0 Å². The fourth-order valence-electron chi connectivity index (χ4n) is 3.89. The number of likely N-dealkylation sites (tertiary alicyclic amines) is 1. The van der Waals surface area contributed by atoms with Gasteiger partial charge in [0.25, 0.3) is 10.0 Å². The van der Waals surface area contributed by atoms with Crippen LogP contribution in [-0.2, 0) is 10.0 Å². The minimum atomic E-state index is -3.67. The van der Waals surface area contributed by atoms with Gasteiger partial charge in [0.1, 0.15) is 5.75 Å². The quantitative estimate of drug-likeness (QED) is 0.859. The van der Waals surface area contributed by atoms with Gasteiger partial charge in [-0.05, 0) is 32.4 Å². The van der Waals surface area contributed by atoms with Gasteiger partial charge in [-0.1, -0.05) is 12.5 Å². The van der Waals surface area contributed by atoms with Crippen LogP contribution in [0.4, 0.5) is 5.13 Å². The van der Waals surface area contributed by atoms with E-state index in [1.54, 1.807) is 23.7 Å². The smallest absolute Gasteiger partial charge is 0.263 e. The molecule has 2 aliphatic heterocycles. The molecule has 2 atom stereocenters. The molecule has 2 aromatic rings. The molecular weight excluding hydrogens is 370 g/mol. The number of nitrogens with one attached hydrogen (secondary N) is 1. The number of ether oxygens (including phenoxy) is 1. The van der Waals surface area contributed by atoms with Crippen molar-refractivity contribution in [2.75, 3.05) is 17.9 Å². The summed E-state index contributed by atoms with van der Waals surface area (Å²) in [7, 11) is -3.67. The number of hydrogen-bond acceptors (Lipinski definition) is 6. The van der Waals surface area contributed by atoms with E-state index in [-0.39, 0.29) is 4.90 Å². The Labute approximate surface area is 158 Å². The Hall–Kier alpha value is -1.64. The second kappa shape index (κ2) is 7.17. The van der Waals surface area contributed by atoms with Gasteiger partial charge >= 0.3 is 0 Å². The number of hydrogen-bond donors (Lipinski definition) is 1. The highest BCUT2D eigenvalue weighted by Crippen LogP contribution is 2.40. The first-order chi connectivity index (χ1) is 12.5. The molecule has 0 amide bonds. The maximum absolute atomic E-state index is 12.6. The normalized spacial score (nSPS) is 23.9. The van der Waals surface area contributed by atoms with Crippen molar-refractivity contribution in [2.45, 2.75) is 49.6 Å². The summed E-state index contributed by atoms with van der Waals surface area (Å²) in [4.78, 5) is 6.74. The molecule has 3 heterocycles. The van der Waals surface area contributed by atoms with Gasteiger partial charge < -0.3 is 4.74 Å². The molecule has 1 N–H and O–H groups in total. The second-order valence-corrected chi connectivity index (χ2v) is 9.45. The standard InChI is InChI=1S/C18H23N3O3S2/c1-13-4-2-3-9-21(13)16-7-10-24-17-12-14(5-6-15(16)17)26(22,23)20-18-19-8-11-25-18/h5-6,8,11-13,16H,2-4,7,9-10H2,1H3,(H,19,20)/t13-,16+/m1/s1. The van der Waals surface area contributed by atoms with Gasteiger partial charge in [0.05, 0.1) is 11.5 Å². The third-order valence-electron chi connectivity index (χ3n) is 5.21. The Morgan fingerprint density at radius 2 is 2.19 bits per heavy atom. The molecule has 0 saturated carbocycles. The van der Waals surface area contributed by atoms with Crippen molar-refractivity contribution < 1.29 is 13.2 Å². The molecular formula is C18H23N3O3S2. The first-order valence-electron chi connectivity index (χ1n) is 8.99. The minimum absolute atomic E-state index is 0.207. The third-order valence-corrected chi connectivity index (χ3v) is 7.37. The maximum atomic E-state index is 12.6. The number of piperidine rings is 1. The molecule has 1 aromatic carbocycles. The maximum Gasteiger partial charge on any atom is 0.263 e. The van der Waals surface area contributed by atoms with E-state index in [0.717, 1.165) is 18.5 Å². The molecule has 26 heavy (non-hydrogen) atoms. The SMILES string of the molecule is C[C@@H]1CCCCN1[C@H]1CCOc2cc(S(=O)(=O)Nc3nccs3)ccc21. The zero-order valence-corrected chi connectivity index (χ0v) is 16.4. The van der Waals surface area contributed by atoms with Crippen molar-refractivity contribution in [3.05, 3.63) is 35.3 Å². The Balaban J connectivity index is 1.62. The summed E-state index contributed by atoms with van der Waals surface area (Å²) < 4.78 is 33.6. The molecule has 1 aromatic heterocycles. The molecule has 6 nitrogen and oxygen atoms in total. The molecule has 1 fully saturated rings. The molecule has 0 aliphatic carbocycles. The molecule has 4 rings (SSSR count). The predicted octanol–water partition coefficient (Wildman–Crippen LogP) is 3.64. The van der Waals surface area contributed by atoms with E-state index < -0.39 is 10.0 Å². The van der Waals surface area contributed by atoms with E-state index in [0.29, 0.717) is 29.6 Å². The lowest BCUT2D eigenvalue weighted by molar-refractivity contribution is 0.0759. The van der Waals surface area contributed by atoms with Gasteiger partial charge in [0.15, 0.2) is 5.13 Å². The van der Waals surface area contributed by atoms with Gasteiger partial charge in [-0.2, -0.15) is 0 Å². The Bertz CT molecular complexity index is 868. The van der Waals surface area contributed by atoms with E-state index in [4.69, 9.17) is 4.74 Å². The van der Waals surface area contributed by atoms with Gasteiger partial charge in [-0.25, -0.2) is 13.4 Å². The number of benzene rings is 1. The highest BCUT2D eigenvalue weighted by molar-refractivity contribution is 7.93. The Morgan fingerprint density at radius 1 is 1.31 bits per heavy atom. The van der Waals surface area contributed by atoms with Crippen LogP contribution in [0.25, 0.3) is 0 Å². The lowest BCUT2D eigenvalue weighted by atomic mass is 9.93. The third kappa shape index (κ3) is 3.45. The molecule has 140 valence electrons. The predicted molar refractivity (Wildman–Crippen MR) is 102 cm³/mol. The summed E-state index contributed by atoms with van der Waals surface area (Å²) >= 11 is 1.25. The molecule has 0 radical (unpaired) electrons. The van der Waals surface area contributed by atoms with Crippen LogP contribution >= 0.6 is 11.3 Å². The number of aromatic nitrogens is 1. The van der Waals surface area contributed by atoms with Gasteiger partial charge in [0, 0.05) is 41.7 Å². The first kappa shape index (κ1) is 17.8. The summed E-state index contributed by atoms with van der Waals surface area (Å²) in [5.74, 6) is 0.682. The van der Waals surface area contributed by atoms with Crippen molar-refractivity contribution >= 4 is 26.5 Å². The van der Waals surface area contributed by atoms with Gasteiger partial charge in [-0.3, -0.25) is 9.62 Å². The lowest BCUT2D eigenvalue weighted by Crippen LogP contribution is -2.42. The van der Waals surface area contributed by atoms with Crippen molar-refractivity contribution in [1.82, 2.24) is 9.88 Å². The largest absolute Gasteiger partial charge is 0.493 e. The van der Waals surface area contributed by atoms with Crippen LogP contribution in [0.5, 0.6) is 5.75 Å². The van der Waals surface area contributed by atoms with Crippen LogP contribution in [-0.4, -0.2) is 37.5 Å². The minimum Gasteiger partial charge on any atom is -0.493 e. The molecule has 0 spiro atoms. The highest BCUT2D eigenvalue weighted by Gasteiger charge is 2.32. The number of fused-ring (bicyclic) bond motifs is 1. The topological polar surface area (TPSA) is 71.5 Å². The van der Waals surface area contributed by atoms with E-state index in [1.165, 1.54) is 30.6 Å². The second-order valence-electron chi connectivity index (χ2n) is 6.88. The van der Waals surface area contributed by atoms with Crippen LogP contribution < -0.4 is 9.46 Å². The number of rotatable bonds is 4. The summed E-state index contributed by atoms with van der Waals surface area (Å²) in [6, 6.07) is 6.08. The van der Waals surface area contributed by atoms with Crippen molar-refractivity contribution in [2.24, 2.45) is 0 Å². The Morgan fingerprint density at radius 3 is 2.96 bits per heavy atom. The van der Waals surface area contributed by atoms with E-state index >= 15 is 0 Å². The van der Waals surface area contributed by atoms with Crippen LogP contribution in [0.3, 0.4) is 0 Å². The Kier molecular flexibility index (Phi) is 4.90. The van der Waals surface area contributed by atoms with Crippen LogP contribution in [0, 0.1) is 0 Å². The number of thiazole rings is 1. The molecule has 1 saturated heterocycles. The first-order valence-corrected chi connectivity index (χ1v) is 11.4. The van der Waals surface area contributed by atoms with Gasteiger partial charge in [0.2, 0.25) is 0 Å². The van der Waals surface area contributed by atoms with Crippen LogP contribution in [0.15, 0.2) is 34.7 Å². The summed E-state index contributed by atoms with van der Waals surface area (Å²) in [6.45, 7) is 3.99. The zero-order chi connectivity index (χ0) is 18.1. The van der Waals surface area contributed by atoms with Crippen molar-refractivity contribution in [1.29, 1.82) is 0 Å². The number of sulfonamides is 1. The highest BCUT2D eigenvalue weighted by atomic mass is 32.2. The van der Waals surface area contributed by atoms with E-state index in [9.17, 15) is 8.42 Å². The summed E-state index contributed by atoms with van der Waals surface area (Å²) in [5.41, 5.74) is 1.10. The fourth-order valence-corrected chi connectivity index (χ4v) is 5.70. The zero-order valence-electron chi connectivity index (χ0n) is 14.7. The monoisotopic (exact) mass is 393 g/mol. The molecule has 2 aliphatic rings. The number of anilines is 1. The van der Waals surface area contributed by atoms with Crippen LogP contribution in [0.1, 0.15) is 44.2 Å². The average molecular weight is 394 g/mol. The van der Waals surface area contributed by atoms with Gasteiger partial charge in [-0.15, -0.1) is 11.3 Å².